The van der Waals surface area contributed by atoms with E-state index in [9.17, 15) is 4.79 Å². The molecule has 0 unspecified atom stereocenters. The molecule has 4 heterocycles. The summed E-state index contributed by atoms with van der Waals surface area (Å²) in [6.07, 6.45) is 7.04. The standard InChI is InChI=1S/C22H24N4O2/c1-15-18(22(27)26-13-7-9-16-8-3-4-10-17(16)26)19-20(23-14-24-21(19)28-15)25-11-5-2-6-12-25/h3-4,8,10,14H,2,5-7,9,11-13H2,1H3. The predicted molar refractivity (Wildman–Crippen MR) is 109 cm³/mol. The van der Waals surface area contributed by atoms with Gasteiger partial charge < -0.3 is 14.2 Å². The summed E-state index contributed by atoms with van der Waals surface area (Å²) < 4.78 is 5.91. The average molecular weight is 376 g/mol. The summed E-state index contributed by atoms with van der Waals surface area (Å²) in [5.74, 6) is 1.42. The van der Waals surface area contributed by atoms with Crippen molar-refractivity contribution in [1.29, 1.82) is 0 Å². The first kappa shape index (κ1) is 17.2. The Labute approximate surface area is 164 Å². The van der Waals surface area contributed by atoms with E-state index < -0.39 is 0 Å². The van der Waals surface area contributed by atoms with Gasteiger partial charge in [0.25, 0.3) is 5.91 Å². The number of rotatable bonds is 2. The fourth-order valence-corrected chi connectivity index (χ4v) is 4.51. The summed E-state index contributed by atoms with van der Waals surface area (Å²) in [7, 11) is 0. The molecule has 1 aromatic carbocycles. The van der Waals surface area contributed by atoms with Gasteiger partial charge in [-0.15, -0.1) is 0 Å². The topological polar surface area (TPSA) is 62.5 Å². The SMILES string of the molecule is Cc1oc2ncnc(N3CCCCC3)c2c1C(=O)N1CCCc2ccccc21. The van der Waals surface area contributed by atoms with Crippen LogP contribution in [-0.4, -0.2) is 35.5 Å². The Bertz CT molecular complexity index is 1040. The van der Waals surface area contributed by atoms with Crippen molar-refractivity contribution in [3.05, 3.63) is 47.5 Å². The van der Waals surface area contributed by atoms with Gasteiger partial charge in [-0.2, -0.15) is 0 Å². The number of hydrogen-bond donors (Lipinski definition) is 0. The van der Waals surface area contributed by atoms with Crippen molar-refractivity contribution in [3.63, 3.8) is 0 Å². The van der Waals surface area contributed by atoms with Crippen molar-refractivity contribution < 1.29 is 9.21 Å². The Balaban J connectivity index is 1.63. The number of carbonyl (C=O) groups excluding carboxylic acids is 1. The Kier molecular flexibility index (Phi) is 4.26. The molecule has 2 aromatic heterocycles. The maximum absolute atomic E-state index is 13.7. The lowest BCUT2D eigenvalue weighted by Crippen LogP contribution is -2.36. The Morgan fingerprint density at radius 1 is 1.04 bits per heavy atom. The first-order valence-electron chi connectivity index (χ1n) is 10.1. The molecule has 5 rings (SSSR count). The van der Waals surface area contributed by atoms with Crippen LogP contribution in [0.2, 0.25) is 0 Å². The molecular formula is C22H24N4O2. The number of nitrogens with zero attached hydrogens (tertiary/aromatic N) is 4. The summed E-state index contributed by atoms with van der Waals surface area (Å²) in [6, 6.07) is 8.17. The number of fused-ring (bicyclic) bond motifs is 2. The molecule has 0 atom stereocenters. The second-order valence-electron chi connectivity index (χ2n) is 7.65. The number of aromatic nitrogens is 2. The minimum Gasteiger partial charge on any atom is -0.442 e. The highest BCUT2D eigenvalue weighted by molar-refractivity contribution is 6.16. The number of piperidine rings is 1. The molecule has 3 aromatic rings. The number of furan rings is 1. The van der Waals surface area contributed by atoms with E-state index in [1.807, 2.05) is 30.0 Å². The van der Waals surface area contributed by atoms with E-state index in [1.54, 1.807) is 6.33 Å². The highest BCUT2D eigenvalue weighted by atomic mass is 16.3. The van der Waals surface area contributed by atoms with E-state index in [2.05, 4.69) is 20.9 Å². The van der Waals surface area contributed by atoms with Crippen LogP contribution in [0.15, 0.2) is 35.0 Å². The van der Waals surface area contributed by atoms with Gasteiger partial charge in [0.05, 0.1) is 10.9 Å². The van der Waals surface area contributed by atoms with Gasteiger partial charge in [-0.3, -0.25) is 4.79 Å². The Morgan fingerprint density at radius 2 is 1.86 bits per heavy atom. The molecule has 6 heteroatoms. The Morgan fingerprint density at radius 3 is 2.71 bits per heavy atom. The van der Waals surface area contributed by atoms with Crippen LogP contribution < -0.4 is 9.80 Å². The summed E-state index contributed by atoms with van der Waals surface area (Å²) in [6.45, 7) is 4.48. The van der Waals surface area contributed by atoms with Crippen LogP contribution in [-0.2, 0) is 6.42 Å². The van der Waals surface area contributed by atoms with Crippen molar-refractivity contribution >= 4 is 28.5 Å². The zero-order chi connectivity index (χ0) is 19.1. The molecule has 28 heavy (non-hydrogen) atoms. The van der Waals surface area contributed by atoms with Gasteiger partial charge in [-0.05, 0) is 50.7 Å². The fourth-order valence-electron chi connectivity index (χ4n) is 4.51. The van der Waals surface area contributed by atoms with Crippen molar-refractivity contribution in [1.82, 2.24) is 9.97 Å². The predicted octanol–water partition coefficient (Wildman–Crippen LogP) is 4.11. The monoisotopic (exact) mass is 376 g/mol. The minimum absolute atomic E-state index is 0.0172. The lowest BCUT2D eigenvalue weighted by Gasteiger charge is -2.30. The van der Waals surface area contributed by atoms with Gasteiger partial charge in [0.2, 0.25) is 5.71 Å². The van der Waals surface area contributed by atoms with E-state index in [0.717, 1.165) is 55.7 Å². The molecule has 0 aliphatic carbocycles. The fraction of sp³-hybridized carbons (Fsp3) is 0.409. The molecule has 1 fully saturated rings. The molecule has 0 saturated carbocycles. The van der Waals surface area contributed by atoms with Crippen molar-refractivity contribution in [2.45, 2.75) is 39.0 Å². The minimum atomic E-state index is -0.0172. The van der Waals surface area contributed by atoms with Crippen molar-refractivity contribution in [2.75, 3.05) is 29.4 Å². The van der Waals surface area contributed by atoms with Crippen LogP contribution >= 0.6 is 0 Å². The van der Waals surface area contributed by atoms with Crippen LogP contribution in [0.3, 0.4) is 0 Å². The number of carbonyl (C=O) groups is 1. The summed E-state index contributed by atoms with van der Waals surface area (Å²) in [5.41, 5.74) is 3.33. The molecular weight excluding hydrogens is 352 g/mol. The molecule has 6 nitrogen and oxygen atoms in total. The quantitative estimate of drug-likeness (QED) is 0.673. The second kappa shape index (κ2) is 6.93. The zero-order valence-corrected chi connectivity index (χ0v) is 16.1. The molecule has 1 saturated heterocycles. The first-order valence-corrected chi connectivity index (χ1v) is 10.1. The lowest BCUT2D eigenvalue weighted by atomic mass is 10.0. The molecule has 0 spiro atoms. The largest absolute Gasteiger partial charge is 0.442 e. The van der Waals surface area contributed by atoms with E-state index >= 15 is 0 Å². The zero-order valence-electron chi connectivity index (χ0n) is 16.1. The number of benzene rings is 1. The number of aryl methyl sites for hydroxylation is 2. The summed E-state index contributed by atoms with van der Waals surface area (Å²) in [5, 5.41) is 0.759. The number of amides is 1. The van der Waals surface area contributed by atoms with E-state index in [-0.39, 0.29) is 5.91 Å². The van der Waals surface area contributed by atoms with Gasteiger partial charge in [-0.25, -0.2) is 9.97 Å². The third-order valence-electron chi connectivity index (χ3n) is 5.87. The molecule has 144 valence electrons. The maximum Gasteiger partial charge on any atom is 0.262 e. The van der Waals surface area contributed by atoms with Gasteiger partial charge in [0.1, 0.15) is 17.9 Å². The third-order valence-corrected chi connectivity index (χ3v) is 5.87. The smallest absolute Gasteiger partial charge is 0.262 e. The highest BCUT2D eigenvalue weighted by Gasteiger charge is 2.31. The van der Waals surface area contributed by atoms with Crippen LogP contribution in [0, 0.1) is 6.92 Å². The first-order chi connectivity index (χ1) is 13.7. The number of anilines is 2. The number of hydrogen-bond acceptors (Lipinski definition) is 5. The van der Waals surface area contributed by atoms with Crippen molar-refractivity contribution in [2.24, 2.45) is 0 Å². The summed E-state index contributed by atoms with van der Waals surface area (Å²) >= 11 is 0. The Hall–Kier alpha value is -2.89. The average Bonchev–Trinajstić information content (AvgIpc) is 3.09. The van der Waals surface area contributed by atoms with E-state index in [0.29, 0.717) is 23.6 Å². The number of para-hydroxylation sites is 1. The van der Waals surface area contributed by atoms with Crippen LogP contribution in [0.5, 0.6) is 0 Å². The van der Waals surface area contributed by atoms with E-state index in [4.69, 9.17) is 4.42 Å². The molecule has 0 bridgehead atoms. The molecule has 0 radical (unpaired) electrons. The van der Waals surface area contributed by atoms with Crippen LogP contribution in [0.25, 0.3) is 11.1 Å². The van der Waals surface area contributed by atoms with Gasteiger partial charge in [0, 0.05) is 25.3 Å². The molecule has 2 aliphatic heterocycles. The van der Waals surface area contributed by atoms with Crippen LogP contribution in [0.4, 0.5) is 11.5 Å². The lowest BCUT2D eigenvalue weighted by molar-refractivity contribution is 0.0985. The second-order valence-corrected chi connectivity index (χ2v) is 7.65. The molecule has 2 aliphatic rings. The normalized spacial score (nSPS) is 17.0. The third kappa shape index (κ3) is 2.75. The van der Waals surface area contributed by atoms with Gasteiger partial charge in [-0.1, -0.05) is 18.2 Å². The highest BCUT2D eigenvalue weighted by Crippen LogP contribution is 2.35. The van der Waals surface area contributed by atoms with Crippen molar-refractivity contribution in [3.8, 4) is 0 Å². The molecule has 0 N–H and O–H groups in total. The van der Waals surface area contributed by atoms with Gasteiger partial charge >= 0.3 is 0 Å². The van der Waals surface area contributed by atoms with E-state index in [1.165, 1.54) is 12.0 Å². The van der Waals surface area contributed by atoms with Gasteiger partial charge in [0.15, 0.2) is 0 Å². The summed E-state index contributed by atoms with van der Waals surface area (Å²) in [4.78, 5) is 26.7. The molecule has 1 amide bonds. The maximum atomic E-state index is 13.7. The van der Waals surface area contributed by atoms with Crippen LogP contribution in [0.1, 0.15) is 47.4 Å².